The summed E-state index contributed by atoms with van der Waals surface area (Å²) < 4.78 is 18.7. The van der Waals surface area contributed by atoms with E-state index in [1.165, 1.54) is 17.7 Å². The minimum Gasteiger partial charge on any atom is -0.379 e. The lowest BCUT2D eigenvalue weighted by Crippen LogP contribution is -2.36. The molecule has 0 aromatic heterocycles. The summed E-state index contributed by atoms with van der Waals surface area (Å²) in [6.07, 6.45) is 0. The molecule has 0 aliphatic carbocycles. The highest BCUT2D eigenvalue weighted by molar-refractivity contribution is 5.24. The van der Waals surface area contributed by atoms with Gasteiger partial charge in [-0.2, -0.15) is 0 Å². The topological polar surface area (TPSA) is 21.3 Å². The van der Waals surface area contributed by atoms with Gasteiger partial charge < -0.3 is 10.1 Å². The van der Waals surface area contributed by atoms with Crippen molar-refractivity contribution in [2.75, 3.05) is 19.8 Å². The normalized spacial score (nSPS) is 22.6. The molecule has 1 heterocycles. The molecule has 1 aliphatic heterocycles. The van der Waals surface area contributed by atoms with Crippen LogP contribution in [0.2, 0.25) is 0 Å². The molecule has 2 aromatic rings. The Morgan fingerprint density at radius 1 is 1.09 bits per heavy atom. The van der Waals surface area contributed by atoms with E-state index in [9.17, 15) is 4.39 Å². The van der Waals surface area contributed by atoms with Crippen LogP contribution >= 0.6 is 0 Å². The van der Waals surface area contributed by atoms with Gasteiger partial charge in [0.2, 0.25) is 0 Å². The van der Waals surface area contributed by atoms with Gasteiger partial charge in [0, 0.05) is 18.5 Å². The lowest BCUT2D eigenvalue weighted by molar-refractivity contribution is 0.187. The first kappa shape index (κ1) is 15.2. The SMILES string of the molecule is C[C@H](CN[C@@H]1COC[C@H]1c1ccc(F)cc1)c1ccccc1. The van der Waals surface area contributed by atoms with Crippen LogP contribution in [0, 0.1) is 5.82 Å². The fourth-order valence-electron chi connectivity index (χ4n) is 3.02. The summed E-state index contributed by atoms with van der Waals surface area (Å²) in [7, 11) is 0. The largest absolute Gasteiger partial charge is 0.379 e. The minimum atomic E-state index is -0.190. The second-order valence-corrected chi connectivity index (χ2v) is 6.02. The minimum absolute atomic E-state index is 0.190. The molecule has 2 aromatic carbocycles. The molecule has 1 aliphatic rings. The molecule has 3 atom stereocenters. The summed E-state index contributed by atoms with van der Waals surface area (Å²) >= 11 is 0. The summed E-state index contributed by atoms with van der Waals surface area (Å²) in [5.74, 6) is 0.559. The highest BCUT2D eigenvalue weighted by atomic mass is 19.1. The van der Waals surface area contributed by atoms with E-state index in [1.54, 1.807) is 0 Å². The summed E-state index contributed by atoms with van der Waals surface area (Å²) in [5, 5.41) is 3.62. The molecule has 0 bridgehead atoms. The number of hydrogen-bond acceptors (Lipinski definition) is 2. The Bertz CT molecular complexity index is 584. The van der Waals surface area contributed by atoms with E-state index in [4.69, 9.17) is 4.74 Å². The van der Waals surface area contributed by atoms with Gasteiger partial charge in [0.05, 0.1) is 13.2 Å². The molecule has 0 saturated carbocycles. The molecule has 116 valence electrons. The number of benzene rings is 2. The Balaban J connectivity index is 1.61. The third kappa shape index (κ3) is 3.54. The highest BCUT2D eigenvalue weighted by Crippen LogP contribution is 2.26. The predicted molar refractivity (Wildman–Crippen MR) is 86.6 cm³/mol. The maximum Gasteiger partial charge on any atom is 0.123 e. The smallest absolute Gasteiger partial charge is 0.123 e. The molecule has 0 spiro atoms. The molecule has 3 heteroatoms. The van der Waals surface area contributed by atoms with Crippen molar-refractivity contribution >= 4 is 0 Å². The zero-order valence-corrected chi connectivity index (χ0v) is 12.8. The molecular formula is C19H22FNO. The maximum absolute atomic E-state index is 13.1. The molecule has 2 nitrogen and oxygen atoms in total. The van der Waals surface area contributed by atoms with Gasteiger partial charge >= 0.3 is 0 Å². The van der Waals surface area contributed by atoms with Crippen molar-refractivity contribution in [3.8, 4) is 0 Å². The quantitative estimate of drug-likeness (QED) is 0.909. The van der Waals surface area contributed by atoms with Crippen LogP contribution in [0.25, 0.3) is 0 Å². The molecule has 0 amide bonds. The third-order valence-electron chi connectivity index (χ3n) is 4.43. The van der Waals surface area contributed by atoms with Gasteiger partial charge in [0.15, 0.2) is 0 Å². The Kier molecular flexibility index (Phi) is 4.86. The van der Waals surface area contributed by atoms with Crippen LogP contribution in [0.1, 0.15) is 29.9 Å². The van der Waals surface area contributed by atoms with Gasteiger partial charge in [-0.05, 0) is 29.2 Å². The molecule has 1 N–H and O–H groups in total. The number of rotatable bonds is 5. The Morgan fingerprint density at radius 2 is 1.82 bits per heavy atom. The summed E-state index contributed by atoms with van der Waals surface area (Å²) in [4.78, 5) is 0. The van der Waals surface area contributed by atoms with Crippen molar-refractivity contribution in [2.24, 2.45) is 0 Å². The first-order valence-electron chi connectivity index (χ1n) is 7.85. The van der Waals surface area contributed by atoms with E-state index < -0.39 is 0 Å². The van der Waals surface area contributed by atoms with Gasteiger partial charge in [-0.1, -0.05) is 49.4 Å². The number of nitrogens with one attached hydrogen (secondary N) is 1. The van der Waals surface area contributed by atoms with Crippen LogP contribution in [-0.4, -0.2) is 25.8 Å². The number of ether oxygens (including phenoxy) is 1. The van der Waals surface area contributed by atoms with Crippen LogP contribution < -0.4 is 5.32 Å². The van der Waals surface area contributed by atoms with E-state index in [0.29, 0.717) is 25.0 Å². The monoisotopic (exact) mass is 299 g/mol. The number of hydrogen-bond donors (Lipinski definition) is 1. The van der Waals surface area contributed by atoms with Crippen molar-refractivity contribution < 1.29 is 9.13 Å². The summed E-state index contributed by atoms with van der Waals surface area (Å²) in [5.41, 5.74) is 2.48. The van der Waals surface area contributed by atoms with Crippen LogP contribution in [0.4, 0.5) is 4.39 Å². The van der Waals surface area contributed by atoms with Crippen LogP contribution in [-0.2, 0) is 4.74 Å². The highest BCUT2D eigenvalue weighted by Gasteiger charge is 2.29. The van der Waals surface area contributed by atoms with Crippen molar-refractivity contribution in [3.63, 3.8) is 0 Å². The van der Waals surface area contributed by atoms with Crippen molar-refractivity contribution in [1.82, 2.24) is 5.32 Å². The van der Waals surface area contributed by atoms with E-state index in [1.807, 2.05) is 18.2 Å². The Hall–Kier alpha value is -1.71. The molecule has 3 rings (SSSR count). The maximum atomic E-state index is 13.1. The average molecular weight is 299 g/mol. The summed E-state index contributed by atoms with van der Waals surface area (Å²) in [6, 6.07) is 17.6. The number of halogens is 1. The predicted octanol–water partition coefficient (Wildman–Crippen LogP) is 3.70. The molecule has 1 fully saturated rings. The third-order valence-corrected chi connectivity index (χ3v) is 4.43. The fraction of sp³-hybridized carbons (Fsp3) is 0.368. The lowest BCUT2D eigenvalue weighted by Gasteiger charge is -2.22. The van der Waals surface area contributed by atoms with Crippen molar-refractivity contribution in [1.29, 1.82) is 0 Å². The zero-order chi connectivity index (χ0) is 15.4. The van der Waals surface area contributed by atoms with Gasteiger partial charge in [-0.3, -0.25) is 0 Å². The van der Waals surface area contributed by atoms with E-state index in [-0.39, 0.29) is 11.9 Å². The van der Waals surface area contributed by atoms with Gasteiger partial charge in [0.1, 0.15) is 5.82 Å². The first-order chi connectivity index (χ1) is 10.7. The van der Waals surface area contributed by atoms with Crippen molar-refractivity contribution in [3.05, 3.63) is 71.5 Å². The summed E-state index contributed by atoms with van der Waals surface area (Å²) in [6.45, 7) is 4.55. The van der Waals surface area contributed by atoms with Crippen LogP contribution in [0.15, 0.2) is 54.6 Å². The fourth-order valence-corrected chi connectivity index (χ4v) is 3.02. The average Bonchev–Trinajstić information content (AvgIpc) is 3.02. The zero-order valence-electron chi connectivity index (χ0n) is 12.8. The molecule has 22 heavy (non-hydrogen) atoms. The molecule has 0 radical (unpaired) electrons. The van der Waals surface area contributed by atoms with Crippen LogP contribution in [0.5, 0.6) is 0 Å². The molecule has 1 saturated heterocycles. The van der Waals surface area contributed by atoms with Crippen LogP contribution in [0.3, 0.4) is 0 Å². The second kappa shape index (κ2) is 7.03. The van der Waals surface area contributed by atoms with Crippen molar-refractivity contribution in [2.45, 2.75) is 24.8 Å². The first-order valence-corrected chi connectivity index (χ1v) is 7.85. The Morgan fingerprint density at radius 3 is 2.55 bits per heavy atom. The van der Waals surface area contributed by atoms with E-state index in [0.717, 1.165) is 12.1 Å². The standard InChI is InChI=1S/C19H22FNO/c1-14(15-5-3-2-4-6-15)11-21-19-13-22-12-18(19)16-7-9-17(20)10-8-16/h2-10,14,18-19,21H,11-13H2,1H3/t14-,18+,19-/m1/s1. The van der Waals surface area contributed by atoms with E-state index >= 15 is 0 Å². The van der Waals surface area contributed by atoms with E-state index in [2.05, 4.69) is 36.5 Å². The van der Waals surface area contributed by atoms with Gasteiger partial charge in [-0.15, -0.1) is 0 Å². The lowest BCUT2D eigenvalue weighted by atomic mass is 9.93. The van der Waals surface area contributed by atoms with Gasteiger partial charge in [-0.25, -0.2) is 4.39 Å². The van der Waals surface area contributed by atoms with Gasteiger partial charge in [0.25, 0.3) is 0 Å². The second-order valence-electron chi connectivity index (χ2n) is 6.02. The molecule has 0 unspecified atom stereocenters. The molecular weight excluding hydrogens is 277 g/mol. The Labute approximate surface area is 131 Å².